The lowest BCUT2D eigenvalue weighted by molar-refractivity contribution is 0.0517. The van der Waals surface area contributed by atoms with E-state index in [9.17, 15) is 19.5 Å². The number of furan rings is 1. The second kappa shape index (κ2) is 7.84. The maximum absolute atomic E-state index is 12.6. The average molecular weight is 391 g/mol. The molecule has 1 aromatic heterocycles. The molecule has 0 bridgehead atoms. The molecule has 0 radical (unpaired) electrons. The Morgan fingerprint density at radius 3 is 2.07 bits per heavy atom. The largest absolute Gasteiger partial charge is 0.478 e. The van der Waals surface area contributed by atoms with Gasteiger partial charge >= 0.3 is 5.97 Å². The van der Waals surface area contributed by atoms with Crippen LogP contribution >= 0.6 is 11.6 Å². The molecule has 0 atom stereocenters. The molecule has 8 heteroatoms. The molecule has 1 aliphatic heterocycles. The van der Waals surface area contributed by atoms with Crippen LogP contribution in [0.5, 0.6) is 0 Å². The molecule has 0 unspecified atom stereocenters. The number of carbonyl (C=O) groups excluding carboxylic acids is 2. The van der Waals surface area contributed by atoms with E-state index in [0.29, 0.717) is 43.2 Å². The minimum Gasteiger partial charge on any atom is -0.478 e. The highest BCUT2D eigenvalue weighted by molar-refractivity contribution is 6.30. The number of hydrogen-bond donors (Lipinski definition) is 1. The Bertz CT molecular complexity index is 867. The van der Waals surface area contributed by atoms with Crippen molar-refractivity contribution in [3.8, 4) is 0 Å². The lowest BCUT2D eigenvalue weighted by Crippen LogP contribution is -2.50. The Balaban J connectivity index is 1.65. The second-order valence-electron chi connectivity index (χ2n) is 6.20. The fraction of sp³-hybridized carbons (Fsp3) is 0.316. The van der Waals surface area contributed by atoms with Crippen molar-refractivity contribution in [3.05, 3.63) is 58.0 Å². The van der Waals surface area contributed by atoms with Crippen LogP contribution in [-0.2, 0) is 6.42 Å². The number of amides is 2. The van der Waals surface area contributed by atoms with Crippen LogP contribution in [0, 0.1) is 0 Å². The molecule has 1 N–H and O–H groups in total. The summed E-state index contributed by atoms with van der Waals surface area (Å²) < 4.78 is 5.43. The lowest BCUT2D eigenvalue weighted by Gasteiger charge is -2.34. The van der Waals surface area contributed by atoms with E-state index in [2.05, 4.69) is 0 Å². The summed E-state index contributed by atoms with van der Waals surface area (Å²) in [5, 5.41) is 9.75. The minimum atomic E-state index is -1.12. The first-order valence-electron chi connectivity index (χ1n) is 8.60. The van der Waals surface area contributed by atoms with Crippen LogP contribution in [0.25, 0.3) is 0 Å². The van der Waals surface area contributed by atoms with E-state index in [-0.39, 0.29) is 28.9 Å². The topological polar surface area (TPSA) is 91.1 Å². The molecule has 0 aliphatic carbocycles. The summed E-state index contributed by atoms with van der Waals surface area (Å²) in [5.74, 6) is -1.30. The zero-order valence-corrected chi connectivity index (χ0v) is 15.5. The summed E-state index contributed by atoms with van der Waals surface area (Å²) in [6, 6.07) is 7.94. The number of carboxylic acid groups (broad SMARTS) is 1. The quantitative estimate of drug-likeness (QED) is 0.866. The van der Waals surface area contributed by atoms with Crippen LogP contribution in [0.3, 0.4) is 0 Å². The number of benzene rings is 1. The molecule has 1 aliphatic rings. The van der Waals surface area contributed by atoms with E-state index >= 15 is 0 Å². The van der Waals surface area contributed by atoms with Gasteiger partial charge in [-0.05, 0) is 24.3 Å². The predicted octanol–water partition coefficient (Wildman–Crippen LogP) is 2.79. The molecule has 142 valence electrons. The van der Waals surface area contributed by atoms with Crippen molar-refractivity contribution in [2.24, 2.45) is 0 Å². The van der Waals surface area contributed by atoms with Gasteiger partial charge in [0.2, 0.25) is 0 Å². The maximum Gasteiger partial charge on any atom is 0.339 e. The van der Waals surface area contributed by atoms with E-state index in [1.807, 2.05) is 0 Å². The van der Waals surface area contributed by atoms with Crippen LogP contribution in [-0.4, -0.2) is 58.9 Å². The van der Waals surface area contributed by atoms with Crippen molar-refractivity contribution in [3.63, 3.8) is 0 Å². The molecule has 3 rings (SSSR count). The minimum absolute atomic E-state index is 0.0115. The number of rotatable bonds is 4. The molecule has 1 fully saturated rings. The number of hydrogen-bond acceptors (Lipinski definition) is 4. The van der Waals surface area contributed by atoms with Crippen molar-refractivity contribution >= 4 is 29.4 Å². The third kappa shape index (κ3) is 3.98. The summed E-state index contributed by atoms with van der Waals surface area (Å²) in [7, 11) is 0. The van der Waals surface area contributed by atoms with Crippen molar-refractivity contribution < 1.29 is 23.9 Å². The van der Waals surface area contributed by atoms with Gasteiger partial charge in [-0.3, -0.25) is 9.59 Å². The van der Waals surface area contributed by atoms with Gasteiger partial charge in [-0.2, -0.15) is 0 Å². The van der Waals surface area contributed by atoms with Gasteiger partial charge in [0.1, 0.15) is 11.3 Å². The Hall–Kier alpha value is -2.80. The van der Waals surface area contributed by atoms with E-state index in [0.717, 1.165) is 0 Å². The Morgan fingerprint density at radius 1 is 1.04 bits per heavy atom. The number of piperazine rings is 1. The van der Waals surface area contributed by atoms with Crippen LogP contribution in [0.1, 0.15) is 44.0 Å². The first kappa shape index (κ1) is 19.0. The molecule has 2 heterocycles. The molecule has 27 heavy (non-hydrogen) atoms. The molecule has 1 aromatic carbocycles. The van der Waals surface area contributed by atoms with Gasteiger partial charge in [-0.25, -0.2) is 4.79 Å². The Labute approximate surface area is 161 Å². The van der Waals surface area contributed by atoms with E-state index < -0.39 is 5.97 Å². The molecule has 7 nitrogen and oxygen atoms in total. The van der Waals surface area contributed by atoms with Crippen LogP contribution in [0.4, 0.5) is 0 Å². The van der Waals surface area contributed by atoms with Crippen molar-refractivity contribution in [1.29, 1.82) is 0 Å². The number of aromatic carboxylic acids is 1. The molecule has 2 amide bonds. The predicted molar refractivity (Wildman–Crippen MR) is 98.3 cm³/mol. The smallest absolute Gasteiger partial charge is 0.339 e. The number of aryl methyl sites for hydroxylation is 1. The van der Waals surface area contributed by atoms with Gasteiger partial charge in [0.15, 0.2) is 5.76 Å². The van der Waals surface area contributed by atoms with Crippen molar-refractivity contribution in [2.45, 2.75) is 13.3 Å². The SMILES string of the molecule is CCc1oc(C(=O)N2CCN(C(=O)c3ccc(Cl)cc3)CC2)cc1C(=O)O. The number of carbonyl (C=O) groups is 3. The third-order valence-corrected chi connectivity index (χ3v) is 4.77. The van der Waals surface area contributed by atoms with Crippen LogP contribution < -0.4 is 0 Å². The van der Waals surface area contributed by atoms with Gasteiger partial charge in [0, 0.05) is 49.3 Å². The Kier molecular flexibility index (Phi) is 5.51. The van der Waals surface area contributed by atoms with Crippen molar-refractivity contribution in [1.82, 2.24) is 9.80 Å². The fourth-order valence-corrected chi connectivity index (χ4v) is 3.15. The summed E-state index contributed by atoms with van der Waals surface area (Å²) in [6.07, 6.45) is 0.387. The Morgan fingerprint density at radius 2 is 1.59 bits per heavy atom. The van der Waals surface area contributed by atoms with Gasteiger partial charge in [0.25, 0.3) is 11.8 Å². The van der Waals surface area contributed by atoms with E-state index in [1.54, 1.807) is 41.0 Å². The monoisotopic (exact) mass is 390 g/mol. The van der Waals surface area contributed by atoms with E-state index in [1.165, 1.54) is 6.07 Å². The maximum atomic E-state index is 12.6. The average Bonchev–Trinajstić information content (AvgIpc) is 3.12. The molecular weight excluding hydrogens is 372 g/mol. The third-order valence-electron chi connectivity index (χ3n) is 4.52. The van der Waals surface area contributed by atoms with Crippen molar-refractivity contribution in [2.75, 3.05) is 26.2 Å². The summed E-state index contributed by atoms with van der Waals surface area (Å²) >= 11 is 5.84. The van der Waals surface area contributed by atoms with Gasteiger partial charge in [-0.1, -0.05) is 18.5 Å². The van der Waals surface area contributed by atoms with Gasteiger partial charge in [-0.15, -0.1) is 0 Å². The van der Waals surface area contributed by atoms with E-state index in [4.69, 9.17) is 16.0 Å². The second-order valence-corrected chi connectivity index (χ2v) is 6.63. The molecule has 0 spiro atoms. The first-order chi connectivity index (χ1) is 12.9. The molecule has 1 saturated heterocycles. The summed E-state index contributed by atoms with van der Waals surface area (Å²) in [4.78, 5) is 39.6. The zero-order chi connectivity index (χ0) is 19.6. The molecular formula is C19H19ClN2O5. The highest BCUT2D eigenvalue weighted by Crippen LogP contribution is 2.19. The standard InChI is InChI=1S/C19H19ClN2O5/c1-2-15-14(19(25)26)11-16(27-15)18(24)22-9-7-21(8-10-22)17(23)12-3-5-13(20)6-4-12/h3-6,11H,2,7-10H2,1H3,(H,25,26). The highest BCUT2D eigenvalue weighted by Gasteiger charge is 2.28. The molecule has 2 aromatic rings. The zero-order valence-electron chi connectivity index (χ0n) is 14.8. The fourth-order valence-electron chi connectivity index (χ4n) is 3.02. The summed E-state index contributed by atoms with van der Waals surface area (Å²) in [5.41, 5.74) is 0.557. The van der Waals surface area contributed by atoms with Gasteiger partial charge < -0.3 is 19.3 Å². The molecule has 0 saturated carbocycles. The normalized spacial score (nSPS) is 14.3. The summed E-state index contributed by atoms with van der Waals surface area (Å²) in [6.45, 7) is 3.24. The number of carboxylic acids is 1. The van der Waals surface area contributed by atoms with Gasteiger partial charge in [0.05, 0.1) is 0 Å². The highest BCUT2D eigenvalue weighted by atomic mass is 35.5. The number of halogens is 1. The lowest BCUT2D eigenvalue weighted by atomic mass is 10.1. The van der Waals surface area contributed by atoms with Crippen LogP contribution in [0.15, 0.2) is 34.7 Å². The van der Waals surface area contributed by atoms with Crippen LogP contribution in [0.2, 0.25) is 5.02 Å². The first-order valence-corrected chi connectivity index (χ1v) is 8.98. The number of nitrogens with zero attached hydrogens (tertiary/aromatic N) is 2.